The average molecular weight is 291 g/mol. The second kappa shape index (κ2) is 7.22. The van der Waals surface area contributed by atoms with Gasteiger partial charge in [0.25, 0.3) is 0 Å². The molecule has 0 aromatic heterocycles. The lowest BCUT2D eigenvalue weighted by Crippen LogP contribution is -2.52. The molecule has 3 atom stereocenters. The van der Waals surface area contributed by atoms with Crippen LogP contribution in [0.5, 0.6) is 0 Å². The summed E-state index contributed by atoms with van der Waals surface area (Å²) in [5, 5.41) is 3.29. The number of carbonyl (C=O) groups excluding carboxylic acids is 2. The van der Waals surface area contributed by atoms with Gasteiger partial charge in [-0.15, -0.1) is 0 Å². The molecule has 1 fully saturated rings. The number of esters is 2. The molecule has 0 spiro atoms. The van der Waals surface area contributed by atoms with Crippen LogP contribution < -0.4 is 5.32 Å². The van der Waals surface area contributed by atoms with Crippen LogP contribution >= 0.6 is 0 Å². The van der Waals surface area contributed by atoms with Gasteiger partial charge in [0.2, 0.25) is 0 Å². The number of cyclic esters (lactones) is 1. The van der Waals surface area contributed by atoms with E-state index in [9.17, 15) is 9.59 Å². The summed E-state index contributed by atoms with van der Waals surface area (Å²) < 4.78 is 10.3. The topological polar surface area (TPSA) is 64.6 Å². The number of benzene rings is 1. The molecule has 0 unspecified atom stereocenters. The monoisotopic (exact) mass is 291 g/mol. The van der Waals surface area contributed by atoms with E-state index in [4.69, 9.17) is 9.47 Å². The second-order valence-corrected chi connectivity index (χ2v) is 5.15. The van der Waals surface area contributed by atoms with E-state index in [-0.39, 0.29) is 24.4 Å². The minimum Gasteiger partial charge on any atom is -0.466 e. The fourth-order valence-electron chi connectivity index (χ4n) is 2.60. The van der Waals surface area contributed by atoms with Gasteiger partial charge in [-0.1, -0.05) is 30.3 Å². The number of nitrogens with one attached hydrogen (secondary N) is 1. The van der Waals surface area contributed by atoms with E-state index >= 15 is 0 Å². The highest BCUT2D eigenvalue weighted by Crippen LogP contribution is 2.24. The third-order valence-corrected chi connectivity index (χ3v) is 3.61. The summed E-state index contributed by atoms with van der Waals surface area (Å²) in [6.07, 6.45) is -0.292. The molecule has 21 heavy (non-hydrogen) atoms. The largest absolute Gasteiger partial charge is 0.466 e. The molecule has 114 valence electrons. The number of hydrogen-bond donors (Lipinski definition) is 1. The highest BCUT2D eigenvalue weighted by atomic mass is 16.6. The zero-order chi connectivity index (χ0) is 15.2. The van der Waals surface area contributed by atoms with Gasteiger partial charge in [-0.25, -0.2) is 0 Å². The Morgan fingerprint density at radius 3 is 2.76 bits per heavy atom. The number of carbonyl (C=O) groups is 2. The zero-order valence-electron chi connectivity index (χ0n) is 12.4. The SMILES string of the molecule is CCOC(=O)[C@@H]1[C@H](C)OC(=O)C[C@H]1NCc1ccccc1. The van der Waals surface area contributed by atoms with Crippen molar-refractivity contribution in [2.75, 3.05) is 6.61 Å². The molecule has 1 aromatic rings. The Morgan fingerprint density at radius 2 is 2.10 bits per heavy atom. The molecule has 1 heterocycles. The molecular formula is C16H21NO4. The Kier molecular flexibility index (Phi) is 5.33. The first kappa shape index (κ1) is 15.5. The summed E-state index contributed by atoms with van der Waals surface area (Å²) in [7, 11) is 0. The van der Waals surface area contributed by atoms with E-state index in [0.29, 0.717) is 13.2 Å². The van der Waals surface area contributed by atoms with Gasteiger partial charge in [0.1, 0.15) is 12.0 Å². The smallest absolute Gasteiger partial charge is 0.314 e. The maximum Gasteiger partial charge on any atom is 0.314 e. The van der Waals surface area contributed by atoms with Gasteiger partial charge in [0.05, 0.1) is 13.0 Å². The van der Waals surface area contributed by atoms with E-state index in [1.807, 2.05) is 30.3 Å². The van der Waals surface area contributed by atoms with Crippen LogP contribution in [0.1, 0.15) is 25.8 Å². The molecule has 5 nitrogen and oxygen atoms in total. The van der Waals surface area contributed by atoms with E-state index in [0.717, 1.165) is 5.56 Å². The van der Waals surface area contributed by atoms with Crippen LogP contribution in [0.4, 0.5) is 0 Å². The minimum atomic E-state index is -0.474. The lowest BCUT2D eigenvalue weighted by Gasteiger charge is -2.34. The molecule has 0 amide bonds. The van der Waals surface area contributed by atoms with Crippen LogP contribution in [0.2, 0.25) is 0 Å². The molecule has 1 N–H and O–H groups in total. The minimum absolute atomic E-state index is 0.181. The fourth-order valence-corrected chi connectivity index (χ4v) is 2.60. The van der Waals surface area contributed by atoms with Gasteiger partial charge >= 0.3 is 11.9 Å². The molecule has 0 aliphatic carbocycles. The standard InChI is InChI=1S/C16H21NO4/c1-3-20-16(19)15-11(2)21-14(18)9-13(15)17-10-12-7-5-4-6-8-12/h4-8,11,13,15,17H,3,9-10H2,1-2H3/t11-,13+,15+/m0/s1. The molecule has 0 saturated carbocycles. The third kappa shape index (κ3) is 4.04. The average Bonchev–Trinajstić information content (AvgIpc) is 2.45. The van der Waals surface area contributed by atoms with E-state index in [2.05, 4.69) is 5.32 Å². The Morgan fingerprint density at radius 1 is 1.38 bits per heavy atom. The Bertz CT molecular complexity index is 488. The zero-order valence-corrected chi connectivity index (χ0v) is 12.4. The van der Waals surface area contributed by atoms with Gasteiger partial charge < -0.3 is 14.8 Å². The van der Waals surface area contributed by atoms with Crippen molar-refractivity contribution in [3.05, 3.63) is 35.9 Å². The molecule has 0 radical (unpaired) electrons. The van der Waals surface area contributed by atoms with Crippen molar-refractivity contribution in [3.8, 4) is 0 Å². The second-order valence-electron chi connectivity index (χ2n) is 5.15. The predicted octanol–water partition coefficient (Wildman–Crippen LogP) is 1.66. The third-order valence-electron chi connectivity index (χ3n) is 3.61. The maximum absolute atomic E-state index is 12.1. The molecule has 1 saturated heterocycles. The Labute approximate surface area is 124 Å². The quantitative estimate of drug-likeness (QED) is 0.836. The molecule has 0 bridgehead atoms. The van der Waals surface area contributed by atoms with Crippen LogP contribution in [-0.4, -0.2) is 30.7 Å². The van der Waals surface area contributed by atoms with E-state index < -0.39 is 12.0 Å². The van der Waals surface area contributed by atoms with Gasteiger partial charge in [-0.3, -0.25) is 9.59 Å². The molecule has 1 aromatic carbocycles. The van der Waals surface area contributed by atoms with Gasteiger partial charge in [0.15, 0.2) is 0 Å². The van der Waals surface area contributed by atoms with Crippen LogP contribution in [0.3, 0.4) is 0 Å². The summed E-state index contributed by atoms with van der Waals surface area (Å²) in [6.45, 7) is 4.42. The first-order valence-corrected chi connectivity index (χ1v) is 7.25. The van der Waals surface area contributed by atoms with Gasteiger partial charge in [-0.2, -0.15) is 0 Å². The Hall–Kier alpha value is -1.88. The predicted molar refractivity (Wildman–Crippen MR) is 77.4 cm³/mol. The van der Waals surface area contributed by atoms with E-state index in [1.165, 1.54) is 0 Å². The van der Waals surface area contributed by atoms with Crippen molar-refractivity contribution >= 4 is 11.9 Å². The van der Waals surface area contributed by atoms with Crippen LogP contribution in [-0.2, 0) is 25.6 Å². The van der Waals surface area contributed by atoms with Gasteiger partial charge in [-0.05, 0) is 19.4 Å². The van der Waals surface area contributed by atoms with Crippen molar-refractivity contribution in [1.82, 2.24) is 5.32 Å². The van der Waals surface area contributed by atoms with Crippen LogP contribution in [0.15, 0.2) is 30.3 Å². The van der Waals surface area contributed by atoms with Gasteiger partial charge in [0, 0.05) is 12.6 Å². The summed E-state index contributed by atoms with van der Waals surface area (Å²) in [6, 6.07) is 9.59. The number of hydrogen-bond acceptors (Lipinski definition) is 5. The Balaban J connectivity index is 2.04. The van der Waals surface area contributed by atoms with Crippen LogP contribution in [0.25, 0.3) is 0 Å². The van der Waals surface area contributed by atoms with Crippen molar-refractivity contribution in [1.29, 1.82) is 0 Å². The first-order chi connectivity index (χ1) is 10.1. The molecule has 2 rings (SSSR count). The normalized spacial score (nSPS) is 25.2. The maximum atomic E-state index is 12.1. The number of rotatable bonds is 5. The summed E-state index contributed by atoms with van der Waals surface area (Å²) in [5.41, 5.74) is 1.10. The van der Waals surface area contributed by atoms with Crippen LogP contribution in [0, 0.1) is 5.92 Å². The molecule has 5 heteroatoms. The summed E-state index contributed by atoms with van der Waals surface area (Å²) in [5.74, 6) is -1.07. The fraction of sp³-hybridized carbons (Fsp3) is 0.500. The highest BCUT2D eigenvalue weighted by molar-refractivity contribution is 5.79. The lowest BCUT2D eigenvalue weighted by molar-refractivity contribution is -0.170. The highest BCUT2D eigenvalue weighted by Gasteiger charge is 2.41. The molecule has 1 aliphatic rings. The van der Waals surface area contributed by atoms with Crippen molar-refractivity contribution in [3.63, 3.8) is 0 Å². The number of ether oxygens (including phenoxy) is 2. The first-order valence-electron chi connectivity index (χ1n) is 7.25. The summed E-state index contributed by atoms with van der Waals surface area (Å²) >= 11 is 0. The lowest BCUT2D eigenvalue weighted by atomic mass is 9.89. The van der Waals surface area contributed by atoms with Crippen molar-refractivity contribution < 1.29 is 19.1 Å². The molecule has 1 aliphatic heterocycles. The van der Waals surface area contributed by atoms with E-state index in [1.54, 1.807) is 13.8 Å². The van der Waals surface area contributed by atoms with Crippen molar-refractivity contribution in [2.45, 2.75) is 39.0 Å². The summed E-state index contributed by atoms with van der Waals surface area (Å²) in [4.78, 5) is 23.7. The molecular weight excluding hydrogens is 270 g/mol. The van der Waals surface area contributed by atoms with Crippen molar-refractivity contribution in [2.24, 2.45) is 5.92 Å².